The zero-order valence-corrected chi connectivity index (χ0v) is 19.1. The van der Waals surface area contributed by atoms with E-state index in [1.54, 1.807) is 48.2 Å². The molecule has 3 aromatic rings. The van der Waals surface area contributed by atoms with Gasteiger partial charge < -0.3 is 14.6 Å². The zero-order valence-electron chi connectivity index (χ0n) is 19.1. The van der Waals surface area contributed by atoms with E-state index in [4.69, 9.17) is 0 Å². The van der Waals surface area contributed by atoms with Crippen LogP contribution in [-0.2, 0) is 17.9 Å². The molecule has 2 amide bonds. The minimum absolute atomic E-state index is 0.00808. The summed E-state index contributed by atoms with van der Waals surface area (Å²) in [5, 5.41) is 12.4. The number of aromatic hydroxyl groups is 1. The summed E-state index contributed by atoms with van der Waals surface area (Å²) in [5.74, 6) is -0.0987. The molecular weight excluding hydrogens is 416 g/mol. The fourth-order valence-electron chi connectivity index (χ4n) is 3.73. The summed E-state index contributed by atoms with van der Waals surface area (Å²) < 4.78 is 1.93. The van der Waals surface area contributed by atoms with Gasteiger partial charge in [0.1, 0.15) is 12.3 Å². The molecule has 0 aliphatic rings. The first-order valence-corrected chi connectivity index (χ1v) is 10.7. The van der Waals surface area contributed by atoms with Crippen molar-refractivity contribution in [3.8, 4) is 5.75 Å². The summed E-state index contributed by atoms with van der Waals surface area (Å²) in [7, 11) is 1.80. The standard InChI is InChI=1S/C26H30N4O3/c1-5-13-29(14-6-2)25(32)18-30-15-12-22-21(8-7-9-23(22)30)17-28(4)27-26(33)20-10-11-24(31)19(3)16-20/h5-12,15-16,31H,1-2,13-14,17-18H2,3-4H3,(H,27,33). The highest BCUT2D eigenvalue weighted by atomic mass is 16.3. The van der Waals surface area contributed by atoms with Gasteiger partial charge in [-0.1, -0.05) is 24.3 Å². The molecule has 0 aliphatic heterocycles. The number of nitrogens with one attached hydrogen (secondary N) is 1. The van der Waals surface area contributed by atoms with Crippen LogP contribution in [0.5, 0.6) is 5.75 Å². The van der Waals surface area contributed by atoms with Crippen molar-refractivity contribution in [1.82, 2.24) is 19.9 Å². The topological polar surface area (TPSA) is 77.8 Å². The van der Waals surface area contributed by atoms with Gasteiger partial charge in [-0.15, -0.1) is 13.2 Å². The molecule has 2 aromatic carbocycles. The average Bonchev–Trinajstić information content (AvgIpc) is 3.19. The van der Waals surface area contributed by atoms with E-state index >= 15 is 0 Å². The lowest BCUT2D eigenvalue weighted by Gasteiger charge is -2.20. The third-order valence-corrected chi connectivity index (χ3v) is 5.42. The molecule has 0 radical (unpaired) electrons. The van der Waals surface area contributed by atoms with E-state index in [9.17, 15) is 14.7 Å². The predicted molar refractivity (Wildman–Crippen MR) is 131 cm³/mol. The van der Waals surface area contributed by atoms with E-state index in [0.29, 0.717) is 30.8 Å². The lowest BCUT2D eigenvalue weighted by molar-refractivity contribution is -0.130. The zero-order chi connectivity index (χ0) is 24.0. The van der Waals surface area contributed by atoms with E-state index in [0.717, 1.165) is 16.5 Å². The van der Waals surface area contributed by atoms with Crippen LogP contribution in [0, 0.1) is 6.92 Å². The maximum atomic E-state index is 12.7. The van der Waals surface area contributed by atoms with Gasteiger partial charge in [0.15, 0.2) is 0 Å². The normalized spacial score (nSPS) is 10.9. The number of hydrogen-bond acceptors (Lipinski definition) is 4. The summed E-state index contributed by atoms with van der Waals surface area (Å²) >= 11 is 0. The molecule has 1 aromatic heterocycles. The van der Waals surface area contributed by atoms with Gasteiger partial charge in [0.25, 0.3) is 5.91 Å². The molecule has 7 heteroatoms. The van der Waals surface area contributed by atoms with Gasteiger partial charge in [-0.25, -0.2) is 5.01 Å². The fourth-order valence-corrected chi connectivity index (χ4v) is 3.73. The van der Waals surface area contributed by atoms with E-state index < -0.39 is 0 Å². The summed E-state index contributed by atoms with van der Waals surface area (Å²) in [6.45, 7) is 10.8. The van der Waals surface area contributed by atoms with Crippen molar-refractivity contribution in [2.45, 2.75) is 20.0 Å². The van der Waals surface area contributed by atoms with Crippen molar-refractivity contribution in [2.75, 3.05) is 20.1 Å². The SMILES string of the molecule is C=CCN(CC=C)C(=O)Cn1ccc2c(CN(C)NC(=O)c3ccc(O)c(C)c3)cccc21. The molecule has 0 atom stereocenters. The van der Waals surface area contributed by atoms with Crippen LogP contribution in [0.25, 0.3) is 10.9 Å². The highest BCUT2D eigenvalue weighted by molar-refractivity contribution is 5.94. The second-order valence-electron chi connectivity index (χ2n) is 7.97. The van der Waals surface area contributed by atoms with Crippen molar-refractivity contribution in [3.63, 3.8) is 0 Å². The van der Waals surface area contributed by atoms with Gasteiger partial charge >= 0.3 is 0 Å². The van der Waals surface area contributed by atoms with Crippen LogP contribution < -0.4 is 5.43 Å². The smallest absolute Gasteiger partial charge is 0.265 e. The fraction of sp³-hybridized carbons (Fsp3) is 0.231. The number of phenols is 1. The van der Waals surface area contributed by atoms with Crippen LogP contribution in [0.2, 0.25) is 0 Å². The Hall–Kier alpha value is -3.84. The molecule has 3 rings (SSSR count). The van der Waals surface area contributed by atoms with Crippen LogP contribution >= 0.6 is 0 Å². The number of phenolic OH excluding ortho intramolecular Hbond substituents is 1. The number of amides is 2. The molecule has 0 saturated carbocycles. The Labute approximate surface area is 194 Å². The number of rotatable bonds is 10. The molecule has 7 nitrogen and oxygen atoms in total. The molecule has 2 N–H and O–H groups in total. The maximum absolute atomic E-state index is 12.7. The molecule has 172 valence electrons. The second-order valence-corrected chi connectivity index (χ2v) is 7.97. The average molecular weight is 447 g/mol. The van der Waals surface area contributed by atoms with Crippen molar-refractivity contribution >= 4 is 22.7 Å². The summed E-state index contributed by atoms with van der Waals surface area (Å²) in [4.78, 5) is 27.0. The largest absolute Gasteiger partial charge is 0.508 e. The lowest BCUT2D eigenvalue weighted by atomic mass is 10.1. The number of hydrogen-bond donors (Lipinski definition) is 2. The third kappa shape index (κ3) is 5.70. The van der Waals surface area contributed by atoms with Crippen LogP contribution in [0.4, 0.5) is 0 Å². The number of nitrogens with zero attached hydrogens (tertiary/aromatic N) is 3. The minimum atomic E-state index is -0.250. The van der Waals surface area contributed by atoms with Gasteiger partial charge in [-0.2, -0.15) is 0 Å². The first kappa shape index (κ1) is 23.8. The summed E-state index contributed by atoms with van der Waals surface area (Å²) in [6, 6.07) is 12.7. The monoisotopic (exact) mass is 446 g/mol. The number of carbonyl (C=O) groups is 2. The Morgan fingerprint density at radius 3 is 2.52 bits per heavy atom. The van der Waals surface area contributed by atoms with Gasteiger partial charge in [0.05, 0.1) is 0 Å². The number of benzene rings is 2. The number of fused-ring (bicyclic) bond motifs is 1. The van der Waals surface area contributed by atoms with Gasteiger partial charge in [-0.3, -0.25) is 15.0 Å². The minimum Gasteiger partial charge on any atom is -0.508 e. The Bertz CT molecular complexity index is 1170. The predicted octanol–water partition coefficient (Wildman–Crippen LogP) is 3.63. The first-order valence-electron chi connectivity index (χ1n) is 10.7. The van der Waals surface area contributed by atoms with Gasteiger partial charge in [0.2, 0.25) is 5.91 Å². The Balaban J connectivity index is 1.72. The molecule has 0 fully saturated rings. The van der Waals surface area contributed by atoms with Crippen LogP contribution in [-0.4, -0.2) is 51.5 Å². The van der Waals surface area contributed by atoms with Gasteiger partial charge in [-0.05, 0) is 48.4 Å². The molecule has 1 heterocycles. The van der Waals surface area contributed by atoms with Crippen molar-refractivity contribution < 1.29 is 14.7 Å². The number of hydrazine groups is 1. The maximum Gasteiger partial charge on any atom is 0.265 e. The van der Waals surface area contributed by atoms with Crippen LogP contribution in [0.3, 0.4) is 0 Å². The Kier molecular flexibility index (Phi) is 7.69. The molecule has 0 unspecified atom stereocenters. The number of carbonyl (C=O) groups excluding carboxylic acids is 2. The Morgan fingerprint density at radius 2 is 1.85 bits per heavy atom. The highest BCUT2D eigenvalue weighted by Crippen LogP contribution is 2.22. The van der Waals surface area contributed by atoms with Crippen LogP contribution in [0.1, 0.15) is 21.5 Å². The van der Waals surface area contributed by atoms with Crippen LogP contribution in [0.15, 0.2) is 74.0 Å². The van der Waals surface area contributed by atoms with Crippen molar-refractivity contribution in [2.24, 2.45) is 0 Å². The summed E-state index contributed by atoms with van der Waals surface area (Å²) in [5.41, 5.74) is 5.96. The van der Waals surface area contributed by atoms with E-state index in [1.807, 2.05) is 35.0 Å². The Morgan fingerprint density at radius 1 is 1.12 bits per heavy atom. The quantitative estimate of drug-likeness (QED) is 0.368. The van der Waals surface area contributed by atoms with Crippen molar-refractivity contribution in [3.05, 3.63) is 90.7 Å². The van der Waals surface area contributed by atoms with Gasteiger partial charge in [0, 0.05) is 49.3 Å². The van der Waals surface area contributed by atoms with E-state index in [1.165, 1.54) is 6.07 Å². The summed E-state index contributed by atoms with van der Waals surface area (Å²) in [6.07, 6.45) is 5.32. The van der Waals surface area contributed by atoms with E-state index in [-0.39, 0.29) is 24.1 Å². The lowest BCUT2D eigenvalue weighted by Crippen LogP contribution is -2.38. The first-order chi connectivity index (χ1) is 15.8. The second kappa shape index (κ2) is 10.7. The molecule has 0 bridgehead atoms. The molecular formula is C26H30N4O3. The van der Waals surface area contributed by atoms with Crippen molar-refractivity contribution in [1.29, 1.82) is 0 Å². The molecule has 0 spiro atoms. The number of aryl methyl sites for hydroxylation is 1. The molecule has 0 saturated heterocycles. The molecule has 0 aliphatic carbocycles. The molecule has 33 heavy (non-hydrogen) atoms. The number of aromatic nitrogens is 1. The van der Waals surface area contributed by atoms with E-state index in [2.05, 4.69) is 18.6 Å². The highest BCUT2D eigenvalue weighted by Gasteiger charge is 2.15. The third-order valence-electron chi connectivity index (χ3n) is 5.42.